The van der Waals surface area contributed by atoms with Gasteiger partial charge in [0.1, 0.15) is 18.3 Å². The molecule has 0 radical (unpaired) electrons. The molecule has 37 heavy (non-hydrogen) atoms. The number of nitrogens with one attached hydrogen (secondary N) is 1. The second-order valence-electron chi connectivity index (χ2n) is 9.20. The van der Waals surface area contributed by atoms with E-state index in [2.05, 4.69) is 20.7 Å². The third-order valence-corrected chi connectivity index (χ3v) is 7.36. The largest absolute Gasteiger partial charge is 0.508 e. The Morgan fingerprint density at radius 3 is 2.62 bits per heavy atom. The Kier molecular flexibility index (Phi) is 7.27. The Morgan fingerprint density at radius 2 is 1.92 bits per heavy atom. The molecule has 4 aromatic rings. The molecule has 0 aliphatic heterocycles. The van der Waals surface area contributed by atoms with Crippen LogP contribution in [0, 0.1) is 6.92 Å². The maximum atomic E-state index is 13.8. The summed E-state index contributed by atoms with van der Waals surface area (Å²) >= 11 is 1.40. The first-order chi connectivity index (χ1) is 18.0. The van der Waals surface area contributed by atoms with E-state index in [9.17, 15) is 14.7 Å². The zero-order chi connectivity index (χ0) is 25.8. The van der Waals surface area contributed by atoms with Gasteiger partial charge in [0, 0.05) is 28.2 Å². The molecular formula is C27H28N6O3S. The number of carbonyl (C=O) groups is 2. The molecule has 9 nitrogen and oxygen atoms in total. The van der Waals surface area contributed by atoms with Crippen molar-refractivity contribution >= 4 is 28.8 Å². The lowest BCUT2D eigenvalue weighted by molar-refractivity contribution is -0.127. The summed E-state index contributed by atoms with van der Waals surface area (Å²) in [6.07, 6.45) is 4.00. The van der Waals surface area contributed by atoms with Crippen molar-refractivity contribution in [1.29, 1.82) is 0 Å². The lowest BCUT2D eigenvalue weighted by Crippen LogP contribution is -2.47. The quantitative estimate of drug-likeness (QED) is 0.362. The summed E-state index contributed by atoms with van der Waals surface area (Å²) < 4.78 is 0. The summed E-state index contributed by atoms with van der Waals surface area (Å²) in [6.45, 7) is 1.77. The van der Waals surface area contributed by atoms with Crippen LogP contribution >= 0.6 is 11.3 Å². The molecule has 1 fully saturated rings. The maximum Gasteiger partial charge on any atom is 0.251 e. The van der Waals surface area contributed by atoms with E-state index < -0.39 is 11.9 Å². The Morgan fingerprint density at radius 1 is 1.14 bits per heavy atom. The summed E-state index contributed by atoms with van der Waals surface area (Å²) in [5.74, 6) is -0.251. The van der Waals surface area contributed by atoms with Crippen LogP contribution in [0.1, 0.15) is 42.2 Å². The van der Waals surface area contributed by atoms with E-state index in [-0.39, 0.29) is 24.2 Å². The fraction of sp³-hybridized carbons (Fsp3) is 0.296. The molecule has 2 N–H and O–H groups in total. The first-order valence-electron chi connectivity index (χ1n) is 12.3. The Bertz CT molecular complexity index is 1360. The number of phenols is 1. The van der Waals surface area contributed by atoms with E-state index >= 15 is 0 Å². The van der Waals surface area contributed by atoms with E-state index in [4.69, 9.17) is 0 Å². The van der Waals surface area contributed by atoms with Crippen LogP contribution in [-0.4, -0.2) is 43.2 Å². The second-order valence-corrected chi connectivity index (χ2v) is 10.2. The number of thiophene rings is 1. The third kappa shape index (κ3) is 5.69. The maximum absolute atomic E-state index is 13.8. The van der Waals surface area contributed by atoms with Crippen molar-refractivity contribution in [2.45, 2.75) is 51.2 Å². The van der Waals surface area contributed by atoms with Gasteiger partial charge in [-0.05, 0) is 48.6 Å². The summed E-state index contributed by atoms with van der Waals surface area (Å²) in [5, 5.41) is 27.8. The molecule has 1 saturated carbocycles. The molecular weight excluding hydrogens is 488 g/mol. The van der Waals surface area contributed by atoms with Gasteiger partial charge in [0.15, 0.2) is 0 Å². The van der Waals surface area contributed by atoms with Crippen LogP contribution < -0.4 is 10.2 Å². The lowest BCUT2D eigenvalue weighted by atomic mass is 10.1. The summed E-state index contributed by atoms with van der Waals surface area (Å²) in [4.78, 5) is 30.9. The second kappa shape index (κ2) is 10.9. The minimum Gasteiger partial charge on any atom is -0.508 e. The van der Waals surface area contributed by atoms with Crippen LogP contribution in [0.15, 0.2) is 66.0 Å². The fourth-order valence-corrected chi connectivity index (χ4v) is 5.39. The van der Waals surface area contributed by atoms with Gasteiger partial charge in [-0.3, -0.25) is 14.5 Å². The first kappa shape index (κ1) is 24.6. The molecule has 0 bridgehead atoms. The molecule has 1 unspecified atom stereocenters. The van der Waals surface area contributed by atoms with Gasteiger partial charge in [0.2, 0.25) is 11.7 Å². The SMILES string of the molecule is Cc1ccc(-c2nnn(CC(=O)N(c3cccc(O)c3)C(C(=O)NC3CCCC3)c3cccs3)n2)cc1. The van der Waals surface area contributed by atoms with Crippen LogP contribution in [0.3, 0.4) is 0 Å². The number of phenolic OH excluding ortho intramolecular Hbond substituents is 1. The predicted octanol–water partition coefficient (Wildman–Crippen LogP) is 4.25. The van der Waals surface area contributed by atoms with Gasteiger partial charge in [0.25, 0.3) is 5.91 Å². The number of aromatic nitrogens is 4. The lowest BCUT2D eigenvalue weighted by Gasteiger charge is -2.31. The van der Waals surface area contributed by atoms with Crippen molar-refractivity contribution in [1.82, 2.24) is 25.5 Å². The number of nitrogens with zero attached hydrogens (tertiary/aromatic N) is 5. The number of tetrazole rings is 1. The zero-order valence-electron chi connectivity index (χ0n) is 20.4. The van der Waals surface area contributed by atoms with Crippen molar-refractivity contribution in [3.05, 3.63) is 76.5 Å². The summed E-state index contributed by atoms with van der Waals surface area (Å²) in [5.41, 5.74) is 2.31. The molecule has 2 aromatic heterocycles. The molecule has 190 valence electrons. The van der Waals surface area contributed by atoms with Crippen LogP contribution in [0.2, 0.25) is 0 Å². The van der Waals surface area contributed by atoms with E-state index in [0.29, 0.717) is 11.5 Å². The number of benzene rings is 2. The summed E-state index contributed by atoms with van der Waals surface area (Å²) in [6, 6.07) is 17.0. The van der Waals surface area contributed by atoms with E-state index in [1.54, 1.807) is 12.1 Å². The number of aryl methyl sites for hydroxylation is 1. The number of anilines is 1. The minimum atomic E-state index is -0.907. The molecule has 2 aromatic carbocycles. The molecule has 5 rings (SSSR count). The highest BCUT2D eigenvalue weighted by Crippen LogP contribution is 2.33. The van der Waals surface area contributed by atoms with Crippen LogP contribution in [0.25, 0.3) is 11.4 Å². The first-order valence-corrected chi connectivity index (χ1v) is 13.2. The minimum absolute atomic E-state index is 0.00281. The number of hydrogen-bond donors (Lipinski definition) is 2. The fourth-order valence-electron chi connectivity index (χ4n) is 4.58. The van der Waals surface area contributed by atoms with E-state index in [0.717, 1.165) is 41.7 Å². The van der Waals surface area contributed by atoms with Gasteiger partial charge in [-0.1, -0.05) is 54.8 Å². The van der Waals surface area contributed by atoms with Gasteiger partial charge in [-0.15, -0.1) is 21.5 Å². The number of amides is 2. The molecule has 10 heteroatoms. The molecule has 1 aliphatic carbocycles. The normalized spacial score (nSPS) is 14.4. The molecule has 2 heterocycles. The van der Waals surface area contributed by atoms with Crippen molar-refractivity contribution in [2.24, 2.45) is 0 Å². The van der Waals surface area contributed by atoms with Crippen molar-refractivity contribution in [3.8, 4) is 17.1 Å². The predicted molar refractivity (Wildman–Crippen MR) is 141 cm³/mol. The van der Waals surface area contributed by atoms with Gasteiger partial charge in [-0.25, -0.2) is 0 Å². The topological polar surface area (TPSA) is 113 Å². The Labute approximate surface area is 218 Å². The zero-order valence-corrected chi connectivity index (χ0v) is 21.3. The highest BCUT2D eigenvalue weighted by atomic mass is 32.1. The van der Waals surface area contributed by atoms with Gasteiger partial charge in [0.05, 0.1) is 0 Å². The van der Waals surface area contributed by atoms with Crippen molar-refractivity contribution in [3.63, 3.8) is 0 Å². The standard InChI is InChI=1S/C27H28N6O3S/c1-18-11-13-19(14-12-18)26-29-31-32(30-26)17-24(35)33(21-8-4-9-22(34)16-21)25(23-10-5-15-37-23)27(36)28-20-6-2-3-7-20/h4-5,8-16,20,25,34H,2-3,6-7,17H2,1H3,(H,28,36). The van der Waals surface area contributed by atoms with Crippen molar-refractivity contribution < 1.29 is 14.7 Å². The number of aromatic hydroxyl groups is 1. The third-order valence-electron chi connectivity index (χ3n) is 6.44. The Hall–Kier alpha value is -4.05. The van der Waals surface area contributed by atoms with Crippen LogP contribution in [0.4, 0.5) is 5.69 Å². The molecule has 1 aliphatic rings. The highest BCUT2D eigenvalue weighted by Gasteiger charge is 2.35. The van der Waals surface area contributed by atoms with Crippen LogP contribution in [-0.2, 0) is 16.1 Å². The van der Waals surface area contributed by atoms with Gasteiger partial charge in [-0.2, -0.15) is 4.80 Å². The van der Waals surface area contributed by atoms with E-state index in [1.165, 1.54) is 33.2 Å². The molecule has 1 atom stereocenters. The number of carbonyl (C=O) groups excluding carboxylic acids is 2. The van der Waals surface area contributed by atoms with Gasteiger partial charge < -0.3 is 10.4 Å². The highest BCUT2D eigenvalue weighted by molar-refractivity contribution is 7.10. The van der Waals surface area contributed by atoms with Gasteiger partial charge >= 0.3 is 0 Å². The average molecular weight is 517 g/mol. The monoisotopic (exact) mass is 516 g/mol. The smallest absolute Gasteiger partial charge is 0.251 e. The number of rotatable bonds is 8. The van der Waals surface area contributed by atoms with Crippen LogP contribution in [0.5, 0.6) is 5.75 Å². The average Bonchev–Trinajstić information content (AvgIpc) is 3.66. The molecule has 0 saturated heterocycles. The number of hydrogen-bond acceptors (Lipinski definition) is 7. The molecule has 2 amide bonds. The molecule has 0 spiro atoms. The summed E-state index contributed by atoms with van der Waals surface area (Å²) in [7, 11) is 0. The van der Waals surface area contributed by atoms with E-state index in [1.807, 2.05) is 48.7 Å². The Balaban J connectivity index is 1.47. The van der Waals surface area contributed by atoms with Crippen molar-refractivity contribution in [2.75, 3.05) is 4.90 Å².